The molecule has 1 aromatic heterocycles. The van der Waals surface area contributed by atoms with Gasteiger partial charge in [-0.1, -0.05) is 41.4 Å². The smallest absolute Gasteiger partial charge is 0.276 e. The van der Waals surface area contributed by atoms with E-state index in [-0.39, 0.29) is 22.1 Å². The third-order valence-electron chi connectivity index (χ3n) is 4.43. The Labute approximate surface area is 184 Å². The van der Waals surface area contributed by atoms with Gasteiger partial charge in [0.05, 0.1) is 24.4 Å². The summed E-state index contributed by atoms with van der Waals surface area (Å²) >= 11 is 5.98. The predicted octanol–water partition coefficient (Wildman–Crippen LogP) is 3.73. The molecule has 2 aromatic carbocycles. The summed E-state index contributed by atoms with van der Waals surface area (Å²) in [5.74, 6) is -0.581. The van der Waals surface area contributed by atoms with Crippen molar-refractivity contribution in [3.63, 3.8) is 0 Å². The van der Waals surface area contributed by atoms with E-state index in [4.69, 9.17) is 16.3 Å². The van der Waals surface area contributed by atoms with E-state index >= 15 is 0 Å². The molecule has 2 N–H and O–H groups in total. The molecule has 1 amide bonds. The largest absolute Gasteiger partial charge is 0.503 e. The maximum atomic E-state index is 12.7. The molecule has 0 aliphatic heterocycles. The number of hydrogen-bond acceptors (Lipinski definition) is 5. The molecular weight excluding hydrogens is 418 g/mol. The fraction of sp³-hybridized carbons (Fsp3) is 0.174. The zero-order valence-corrected chi connectivity index (χ0v) is 17.9. The molecule has 0 atom stereocenters. The highest BCUT2D eigenvalue weighted by atomic mass is 35.5. The first-order valence-electron chi connectivity index (χ1n) is 9.62. The van der Waals surface area contributed by atoms with Crippen LogP contribution in [0.25, 0.3) is 0 Å². The Morgan fingerprint density at radius 1 is 1.26 bits per heavy atom. The van der Waals surface area contributed by atoms with Crippen LogP contribution in [-0.2, 0) is 6.54 Å². The SMILES string of the molecule is CCOc1cc(/C=N\NC(=O)c2cccn(Cc3cccc(C)c3)c2=O)cc(Cl)c1O. The predicted molar refractivity (Wildman–Crippen MR) is 120 cm³/mol. The maximum Gasteiger partial charge on any atom is 0.276 e. The molecule has 3 aromatic rings. The summed E-state index contributed by atoms with van der Waals surface area (Å²) in [4.78, 5) is 25.2. The summed E-state index contributed by atoms with van der Waals surface area (Å²) in [7, 11) is 0. The van der Waals surface area contributed by atoms with E-state index in [1.54, 1.807) is 19.2 Å². The van der Waals surface area contributed by atoms with Crippen molar-refractivity contribution in [2.75, 3.05) is 6.61 Å². The van der Waals surface area contributed by atoms with Crippen molar-refractivity contribution >= 4 is 23.7 Å². The van der Waals surface area contributed by atoms with E-state index < -0.39 is 11.5 Å². The van der Waals surface area contributed by atoms with Gasteiger partial charge < -0.3 is 14.4 Å². The molecule has 8 heteroatoms. The minimum Gasteiger partial charge on any atom is -0.503 e. The number of hydrogen-bond donors (Lipinski definition) is 2. The number of ether oxygens (including phenoxy) is 1. The molecule has 0 unspecified atom stereocenters. The molecule has 0 spiro atoms. The second-order valence-corrected chi connectivity index (χ2v) is 7.23. The number of carbonyl (C=O) groups excluding carboxylic acids is 1. The first-order chi connectivity index (χ1) is 14.9. The van der Waals surface area contributed by atoms with Gasteiger partial charge in [-0.3, -0.25) is 9.59 Å². The zero-order valence-electron chi connectivity index (χ0n) is 17.1. The van der Waals surface area contributed by atoms with Gasteiger partial charge in [0.25, 0.3) is 11.5 Å². The Morgan fingerprint density at radius 2 is 2.06 bits per heavy atom. The maximum absolute atomic E-state index is 12.7. The van der Waals surface area contributed by atoms with E-state index in [9.17, 15) is 14.7 Å². The van der Waals surface area contributed by atoms with Crippen LogP contribution in [-0.4, -0.2) is 28.4 Å². The number of rotatable bonds is 7. The van der Waals surface area contributed by atoms with Gasteiger partial charge in [0.1, 0.15) is 5.56 Å². The number of phenolic OH excluding ortho intramolecular Hbond substituents is 1. The molecule has 3 rings (SSSR count). The summed E-state index contributed by atoms with van der Waals surface area (Å²) in [5, 5.41) is 13.9. The highest BCUT2D eigenvalue weighted by Crippen LogP contribution is 2.34. The van der Waals surface area contributed by atoms with E-state index in [1.165, 1.54) is 29.0 Å². The van der Waals surface area contributed by atoms with E-state index in [0.29, 0.717) is 18.7 Å². The number of aromatic hydroxyl groups is 1. The number of aryl methyl sites for hydroxylation is 1. The molecule has 160 valence electrons. The molecule has 0 aliphatic carbocycles. The molecule has 0 fully saturated rings. The third-order valence-corrected chi connectivity index (χ3v) is 4.72. The second kappa shape index (κ2) is 9.95. The van der Waals surface area contributed by atoms with Gasteiger partial charge in [0.2, 0.25) is 0 Å². The average Bonchev–Trinajstić information content (AvgIpc) is 2.73. The van der Waals surface area contributed by atoms with Gasteiger partial charge in [-0.2, -0.15) is 5.10 Å². The lowest BCUT2D eigenvalue weighted by Crippen LogP contribution is -2.30. The lowest BCUT2D eigenvalue weighted by molar-refractivity contribution is 0.0953. The van der Waals surface area contributed by atoms with Gasteiger partial charge in [0.15, 0.2) is 11.5 Å². The van der Waals surface area contributed by atoms with Gasteiger partial charge in [-0.25, -0.2) is 5.43 Å². The number of pyridine rings is 1. The molecule has 7 nitrogen and oxygen atoms in total. The van der Waals surface area contributed by atoms with Crippen LogP contribution in [0.5, 0.6) is 11.5 Å². The third kappa shape index (κ3) is 5.52. The summed E-state index contributed by atoms with van der Waals surface area (Å²) in [5.41, 5.74) is 4.48. The number of benzene rings is 2. The van der Waals surface area contributed by atoms with Gasteiger partial charge in [0, 0.05) is 6.20 Å². The van der Waals surface area contributed by atoms with Crippen LogP contribution in [0.2, 0.25) is 5.02 Å². The van der Waals surface area contributed by atoms with Crippen molar-refractivity contribution in [1.29, 1.82) is 0 Å². The number of nitrogens with one attached hydrogen (secondary N) is 1. The van der Waals surface area contributed by atoms with Crippen molar-refractivity contribution in [2.45, 2.75) is 20.4 Å². The Balaban J connectivity index is 1.75. The summed E-state index contributed by atoms with van der Waals surface area (Å²) in [6.45, 7) is 4.47. The van der Waals surface area contributed by atoms with Crippen molar-refractivity contribution in [3.8, 4) is 11.5 Å². The number of nitrogens with zero attached hydrogens (tertiary/aromatic N) is 2. The molecule has 31 heavy (non-hydrogen) atoms. The van der Waals surface area contributed by atoms with Crippen LogP contribution < -0.4 is 15.7 Å². The van der Waals surface area contributed by atoms with E-state index in [1.807, 2.05) is 31.2 Å². The van der Waals surface area contributed by atoms with Crippen molar-refractivity contribution in [3.05, 3.63) is 92.4 Å². The lowest BCUT2D eigenvalue weighted by atomic mass is 10.1. The number of aromatic nitrogens is 1. The molecule has 0 saturated heterocycles. The van der Waals surface area contributed by atoms with Crippen molar-refractivity contribution in [1.82, 2.24) is 9.99 Å². The quantitative estimate of drug-likeness (QED) is 0.433. The Kier molecular flexibility index (Phi) is 7.10. The topological polar surface area (TPSA) is 92.9 Å². The molecule has 0 saturated carbocycles. The number of halogens is 1. The number of amides is 1. The molecule has 1 heterocycles. The summed E-state index contributed by atoms with van der Waals surface area (Å²) in [6, 6.07) is 13.9. The minimum atomic E-state index is -0.630. The molecule has 0 aliphatic rings. The highest BCUT2D eigenvalue weighted by Gasteiger charge is 2.12. The first-order valence-corrected chi connectivity index (χ1v) is 10.0. The zero-order chi connectivity index (χ0) is 22.4. The Morgan fingerprint density at radius 3 is 2.81 bits per heavy atom. The number of hydrazone groups is 1. The summed E-state index contributed by atoms with van der Waals surface area (Å²) in [6.07, 6.45) is 2.98. The Hall–Kier alpha value is -3.58. The van der Waals surface area contributed by atoms with Crippen LogP contribution in [0.1, 0.15) is 34.0 Å². The molecular formula is C23H22ClN3O4. The van der Waals surface area contributed by atoms with Crippen LogP contribution >= 0.6 is 11.6 Å². The van der Waals surface area contributed by atoms with Crippen LogP contribution in [0, 0.1) is 6.92 Å². The normalized spacial score (nSPS) is 10.9. The molecule has 0 bridgehead atoms. The van der Waals surface area contributed by atoms with Gasteiger partial charge in [-0.05, 0) is 49.2 Å². The van der Waals surface area contributed by atoms with Gasteiger partial charge in [-0.15, -0.1) is 0 Å². The van der Waals surface area contributed by atoms with Gasteiger partial charge >= 0.3 is 0 Å². The summed E-state index contributed by atoms with van der Waals surface area (Å²) < 4.78 is 6.79. The fourth-order valence-electron chi connectivity index (χ4n) is 3.00. The standard InChI is InChI=1S/C23H22ClN3O4/c1-3-31-20-12-17(11-19(24)21(20)28)13-25-26-22(29)18-8-5-9-27(23(18)30)14-16-7-4-6-15(2)10-16/h4-13,28H,3,14H2,1-2H3,(H,26,29)/b25-13-. The highest BCUT2D eigenvalue weighted by molar-refractivity contribution is 6.32. The van der Waals surface area contributed by atoms with E-state index in [2.05, 4.69) is 10.5 Å². The van der Waals surface area contributed by atoms with Crippen LogP contribution in [0.4, 0.5) is 0 Å². The van der Waals surface area contributed by atoms with E-state index in [0.717, 1.165) is 11.1 Å². The fourth-order valence-corrected chi connectivity index (χ4v) is 3.22. The van der Waals surface area contributed by atoms with Crippen LogP contribution in [0.3, 0.4) is 0 Å². The van der Waals surface area contributed by atoms with Crippen molar-refractivity contribution < 1.29 is 14.6 Å². The lowest BCUT2D eigenvalue weighted by Gasteiger charge is -2.09. The monoisotopic (exact) mass is 439 g/mol. The first kappa shape index (κ1) is 22.1. The van der Waals surface area contributed by atoms with Crippen molar-refractivity contribution in [2.24, 2.45) is 5.10 Å². The average molecular weight is 440 g/mol. The Bertz CT molecular complexity index is 1190. The second-order valence-electron chi connectivity index (χ2n) is 6.83. The van der Waals surface area contributed by atoms with Crippen LogP contribution in [0.15, 0.2) is 64.6 Å². The number of carbonyl (C=O) groups is 1. The minimum absolute atomic E-state index is 0.0222. The number of phenols is 1. The molecule has 0 radical (unpaired) electrons.